The van der Waals surface area contributed by atoms with Gasteiger partial charge in [0.15, 0.2) is 11.9 Å². The molecule has 2 rings (SSSR count). The van der Waals surface area contributed by atoms with Crippen molar-refractivity contribution in [1.82, 2.24) is 0 Å². The van der Waals surface area contributed by atoms with Gasteiger partial charge in [-0.05, 0) is 12.0 Å². The molecule has 1 saturated heterocycles. The SMILES string of the molecule is O=CC1(O)COC(=O)C1Cc1ccccc1. The highest BCUT2D eigenvalue weighted by atomic mass is 16.6. The van der Waals surface area contributed by atoms with Crippen LogP contribution in [0, 0.1) is 5.92 Å². The number of rotatable bonds is 3. The molecule has 1 heterocycles. The number of aliphatic hydroxyl groups is 1. The third-order valence-electron chi connectivity index (χ3n) is 2.82. The molecule has 1 fully saturated rings. The summed E-state index contributed by atoms with van der Waals surface area (Å²) in [6.07, 6.45) is 0.709. The zero-order valence-electron chi connectivity index (χ0n) is 8.63. The Labute approximate surface area is 92.8 Å². The van der Waals surface area contributed by atoms with Gasteiger partial charge in [-0.1, -0.05) is 30.3 Å². The molecule has 1 aliphatic heterocycles. The summed E-state index contributed by atoms with van der Waals surface area (Å²) in [7, 11) is 0. The second-order valence-electron chi connectivity index (χ2n) is 3.96. The van der Waals surface area contributed by atoms with Crippen molar-refractivity contribution in [3.8, 4) is 0 Å². The predicted octanol–water partition coefficient (Wildman–Crippen LogP) is 0.332. The minimum Gasteiger partial charge on any atom is -0.462 e. The van der Waals surface area contributed by atoms with Gasteiger partial charge in [0.2, 0.25) is 0 Å². The highest BCUT2D eigenvalue weighted by molar-refractivity contribution is 5.84. The Morgan fingerprint density at radius 2 is 2.12 bits per heavy atom. The van der Waals surface area contributed by atoms with Gasteiger partial charge >= 0.3 is 5.97 Å². The molecule has 1 aliphatic rings. The van der Waals surface area contributed by atoms with Crippen LogP contribution in [0.4, 0.5) is 0 Å². The number of benzene rings is 1. The van der Waals surface area contributed by atoms with E-state index in [2.05, 4.69) is 0 Å². The Balaban J connectivity index is 2.20. The Morgan fingerprint density at radius 3 is 2.75 bits per heavy atom. The Kier molecular flexibility index (Phi) is 2.75. The van der Waals surface area contributed by atoms with Gasteiger partial charge in [0.05, 0.1) is 5.92 Å². The predicted molar refractivity (Wildman–Crippen MR) is 55.6 cm³/mol. The number of carbonyl (C=O) groups is 2. The van der Waals surface area contributed by atoms with Crippen molar-refractivity contribution in [2.75, 3.05) is 6.61 Å². The maximum Gasteiger partial charge on any atom is 0.312 e. The van der Waals surface area contributed by atoms with Crippen LogP contribution in [-0.4, -0.2) is 29.6 Å². The first-order valence-corrected chi connectivity index (χ1v) is 5.05. The van der Waals surface area contributed by atoms with Gasteiger partial charge in [0.1, 0.15) is 6.61 Å². The lowest BCUT2D eigenvalue weighted by atomic mass is 9.86. The highest BCUT2D eigenvalue weighted by Crippen LogP contribution is 2.28. The van der Waals surface area contributed by atoms with Crippen LogP contribution in [-0.2, 0) is 20.7 Å². The van der Waals surface area contributed by atoms with E-state index < -0.39 is 17.5 Å². The van der Waals surface area contributed by atoms with Gasteiger partial charge in [-0.15, -0.1) is 0 Å². The third kappa shape index (κ3) is 1.84. The lowest BCUT2D eigenvalue weighted by Crippen LogP contribution is -2.41. The van der Waals surface area contributed by atoms with E-state index in [0.717, 1.165) is 5.56 Å². The first kappa shape index (κ1) is 10.8. The lowest BCUT2D eigenvalue weighted by Gasteiger charge is -2.18. The fraction of sp³-hybridized carbons (Fsp3) is 0.333. The normalized spacial score (nSPS) is 28.8. The number of aldehydes is 1. The Hall–Kier alpha value is -1.68. The highest BCUT2D eigenvalue weighted by Gasteiger charge is 2.49. The molecule has 16 heavy (non-hydrogen) atoms. The molecular formula is C12H12O4. The number of hydrogen-bond donors (Lipinski definition) is 1. The van der Waals surface area contributed by atoms with Crippen LogP contribution >= 0.6 is 0 Å². The molecular weight excluding hydrogens is 208 g/mol. The molecule has 0 aliphatic carbocycles. The summed E-state index contributed by atoms with van der Waals surface area (Å²) in [6, 6.07) is 9.24. The van der Waals surface area contributed by atoms with E-state index in [1.165, 1.54) is 0 Å². The second kappa shape index (κ2) is 4.06. The maximum absolute atomic E-state index is 11.4. The number of hydrogen-bond acceptors (Lipinski definition) is 4. The van der Waals surface area contributed by atoms with Crippen molar-refractivity contribution < 1.29 is 19.4 Å². The van der Waals surface area contributed by atoms with Crippen molar-refractivity contribution in [3.05, 3.63) is 35.9 Å². The molecule has 0 bridgehead atoms. The van der Waals surface area contributed by atoms with Gasteiger partial charge in [0.25, 0.3) is 0 Å². The first-order valence-electron chi connectivity index (χ1n) is 5.05. The molecule has 0 amide bonds. The second-order valence-corrected chi connectivity index (χ2v) is 3.96. The summed E-state index contributed by atoms with van der Waals surface area (Å²) in [5, 5.41) is 9.88. The fourth-order valence-corrected chi connectivity index (χ4v) is 1.82. The molecule has 1 N–H and O–H groups in total. The van der Waals surface area contributed by atoms with Gasteiger partial charge < -0.3 is 9.84 Å². The molecule has 1 aromatic carbocycles. The van der Waals surface area contributed by atoms with Crippen molar-refractivity contribution in [1.29, 1.82) is 0 Å². The van der Waals surface area contributed by atoms with Gasteiger partial charge in [-0.2, -0.15) is 0 Å². The van der Waals surface area contributed by atoms with Crippen molar-refractivity contribution in [2.24, 2.45) is 5.92 Å². The lowest BCUT2D eigenvalue weighted by molar-refractivity contribution is -0.142. The zero-order valence-corrected chi connectivity index (χ0v) is 8.63. The molecule has 0 saturated carbocycles. The van der Waals surface area contributed by atoms with E-state index in [9.17, 15) is 14.7 Å². The molecule has 2 unspecified atom stereocenters. The summed E-state index contributed by atoms with van der Waals surface area (Å²) in [6.45, 7) is -0.243. The topological polar surface area (TPSA) is 63.6 Å². The van der Waals surface area contributed by atoms with Gasteiger partial charge in [0, 0.05) is 0 Å². The van der Waals surface area contributed by atoms with E-state index >= 15 is 0 Å². The summed E-state index contributed by atoms with van der Waals surface area (Å²) in [5.74, 6) is -1.31. The zero-order chi connectivity index (χ0) is 11.6. The molecule has 0 radical (unpaired) electrons. The average molecular weight is 220 g/mol. The number of cyclic esters (lactones) is 1. The number of ether oxygens (including phenoxy) is 1. The van der Waals surface area contributed by atoms with Crippen molar-refractivity contribution in [3.63, 3.8) is 0 Å². The molecule has 84 valence electrons. The molecule has 1 aromatic rings. The first-order chi connectivity index (χ1) is 7.65. The Morgan fingerprint density at radius 1 is 1.44 bits per heavy atom. The van der Waals surface area contributed by atoms with Crippen LogP contribution in [0.2, 0.25) is 0 Å². The number of esters is 1. The van der Waals surface area contributed by atoms with Crippen LogP contribution in [0.5, 0.6) is 0 Å². The van der Waals surface area contributed by atoms with Crippen LogP contribution in [0.1, 0.15) is 5.56 Å². The third-order valence-corrected chi connectivity index (χ3v) is 2.82. The fourth-order valence-electron chi connectivity index (χ4n) is 1.82. The molecule has 2 atom stereocenters. The van der Waals surface area contributed by atoms with Crippen LogP contribution in [0.15, 0.2) is 30.3 Å². The molecule has 4 heteroatoms. The van der Waals surface area contributed by atoms with Crippen LogP contribution in [0.25, 0.3) is 0 Å². The average Bonchev–Trinajstić information content (AvgIpc) is 2.60. The van der Waals surface area contributed by atoms with Gasteiger partial charge in [-0.25, -0.2) is 0 Å². The van der Waals surface area contributed by atoms with Crippen LogP contribution < -0.4 is 0 Å². The monoisotopic (exact) mass is 220 g/mol. The number of carbonyl (C=O) groups excluding carboxylic acids is 2. The minimum atomic E-state index is -1.67. The summed E-state index contributed by atoms with van der Waals surface area (Å²) in [5.41, 5.74) is -0.779. The standard InChI is InChI=1S/C12H12O4/c13-7-12(15)8-16-11(14)10(12)6-9-4-2-1-3-5-9/h1-5,7,10,15H,6,8H2. The van der Waals surface area contributed by atoms with E-state index in [4.69, 9.17) is 4.74 Å². The van der Waals surface area contributed by atoms with Crippen molar-refractivity contribution >= 4 is 12.3 Å². The minimum absolute atomic E-state index is 0.243. The smallest absolute Gasteiger partial charge is 0.312 e. The van der Waals surface area contributed by atoms with E-state index in [-0.39, 0.29) is 6.61 Å². The largest absolute Gasteiger partial charge is 0.462 e. The Bertz CT molecular complexity index is 401. The van der Waals surface area contributed by atoms with Gasteiger partial charge in [-0.3, -0.25) is 9.59 Å². The quantitative estimate of drug-likeness (QED) is 0.589. The summed E-state index contributed by atoms with van der Waals surface area (Å²) in [4.78, 5) is 22.2. The van der Waals surface area contributed by atoms with Crippen molar-refractivity contribution in [2.45, 2.75) is 12.0 Å². The summed E-state index contributed by atoms with van der Waals surface area (Å²) < 4.78 is 4.72. The molecule has 4 nitrogen and oxygen atoms in total. The maximum atomic E-state index is 11.4. The van der Waals surface area contributed by atoms with E-state index in [1.807, 2.05) is 30.3 Å². The van der Waals surface area contributed by atoms with E-state index in [1.54, 1.807) is 0 Å². The summed E-state index contributed by atoms with van der Waals surface area (Å²) >= 11 is 0. The van der Waals surface area contributed by atoms with Crippen LogP contribution in [0.3, 0.4) is 0 Å². The molecule has 0 spiro atoms. The van der Waals surface area contributed by atoms with E-state index in [0.29, 0.717) is 12.7 Å². The molecule has 0 aromatic heterocycles.